The maximum absolute atomic E-state index is 12.4. The lowest BCUT2D eigenvalue weighted by atomic mass is 9.96. The van der Waals surface area contributed by atoms with Crippen molar-refractivity contribution in [1.82, 2.24) is 10.2 Å². The second kappa shape index (κ2) is 10.6. The fraction of sp³-hybridized carbons (Fsp3) is 0.364. The average Bonchev–Trinajstić information content (AvgIpc) is 2.77. The van der Waals surface area contributed by atoms with Gasteiger partial charge < -0.3 is 20.3 Å². The molecule has 1 saturated heterocycles. The Morgan fingerprint density at radius 3 is 2.50 bits per heavy atom. The molecule has 1 fully saturated rings. The van der Waals surface area contributed by atoms with Gasteiger partial charge in [-0.25, -0.2) is 13.6 Å². The normalized spacial score (nSPS) is 14.4. The smallest absolute Gasteiger partial charge is 0.317 e. The molecule has 0 saturated carbocycles. The standard InChI is InChI=1S/C22H25F2N3O3/c23-20(24)15-30-19-8-4-5-16(13-19)14-25-22(29)27-11-9-17(10-12-27)21(28)26-18-6-2-1-3-7-18/h1-8,13,17,20H,9-12,14-15H2,(H,25,29)(H,26,28). The Morgan fingerprint density at radius 1 is 1.07 bits per heavy atom. The number of halogens is 2. The van der Waals surface area contributed by atoms with Gasteiger partial charge in [0.25, 0.3) is 6.43 Å². The van der Waals surface area contributed by atoms with E-state index in [0.29, 0.717) is 31.7 Å². The van der Waals surface area contributed by atoms with E-state index >= 15 is 0 Å². The Hall–Kier alpha value is -3.16. The molecule has 30 heavy (non-hydrogen) atoms. The zero-order valence-electron chi connectivity index (χ0n) is 16.5. The van der Waals surface area contributed by atoms with Crippen molar-refractivity contribution in [2.24, 2.45) is 5.92 Å². The maximum atomic E-state index is 12.4. The van der Waals surface area contributed by atoms with Crippen molar-refractivity contribution in [1.29, 1.82) is 0 Å². The van der Waals surface area contributed by atoms with Crippen molar-refractivity contribution in [3.8, 4) is 5.75 Å². The molecule has 1 aliphatic rings. The van der Waals surface area contributed by atoms with Crippen LogP contribution < -0.4 is 15.4 Å². The van der Waals surface area contributed by atoms with Gasteiger partial charge in [0.1, 0.15) is 12.4 Å². The van der Waals surface area contributed by atoms with Gasteiger partial charge in [0.2, 0.25) is 5.91 Å². The van der Waals surface area contributed by atoms with Gasteiger partial charge in [-0.1, -0.05) is 30.3 Å². The molecule has 0 unspecified atom stereocenters. The molecule has 1 heterocycles. The van der Waals surface area contributed by atoms with Crippen LogP contribution in [0.25, 0.3) is 0 Å². The lowest BCUT2D eigenvalue weighted by Crippen LogP contribution is -2.45. The third-order valence-electron chi connectivity index (χ3n) is 4.91. The van der Waals surface area contributed by atoms with Gasteiger partial charge in [0.15, 0.2) is 0 Å². The summed E-state index contributed by atoms with van der Waals surface area (Å²) in [7, 11) is 0. The van der Waals surface area contributed by atoms with Crippen molar-refractivity contribution in [2.45, 2.75) is 25.8 Å². The topological polar surface area (TPSA) is 70.7 Å². The first-order valence-corrected chi connectivity index (χ1v) is 9.90. The molecule has 160 valence electrons. The van der Waals surface area contributed by atoms with Crippen molar-refractivity contribution in [3.05, 3.63) is 60.2 Å². The van der Waals surface area contributed by atoms with E-state index < -0.39 is 13.0 Å². The highest BCUT2D eigenvalue weighted by atomic mass is 19.3. The first-order valence-electron chi connectivity index (χ1n) is 9.90. The molecule has 3 rings (SSSR count). The molecule has 2 aromatic carbocycles. The Morgan fingerprint density at radius 2 is 1.80 bits per heavy atom. The highest BCUT2D eigenvalue weighted by Gasteiger charge is 2.27. The zero-order chi connectivity index (χ0) is 21.3. The Bertz CT molecular complexity index is 841. The summed E-state index contributed by atoms with van der Waals surface area (Å²) in [5.41, 5.74) is 1.52. The number of nitrogens with zero attached hydrogens (tertiary/aromatic N) is 1. The minimum Gasteiger partial charge on any atom is -0.488 e. The minimum atomic E-state index is -2.54. The third kappa shape index (κ3) is 6.43. The first-order chi connectivity index (χ1) is 14.5. The molecular weight excluding hydrogens is 392 g/mol. The van der Waals surface area contributed by atoms with Crippen molar-refractivity contribution >= 4 is 17.6 Å². The fourth-order valence-electron chi connectivity index (χ4n) is 3.30. The van der Waals surface area contributed by atoms with Gasteiger partial charge in [0.05, 0.1) is 0 Å². The number of urea groups is 1. The van der Waals surface area contributed by atoms with Crippen LogP contribution in [0, 0.1) is 5.92 Å². The molecular formula is C22H25F2N3O3. The van der Waals surface area contributed by atoms with Crippen LogP contribution >= 0.6 is 0 Å². The molecule has 3 amide bonds. The monoisotopic (exact) mass is 417 g/mol. The van der Waals surface area contributed by atoms with Crippen LogP contribution in [-0.4, -0.2) is 43.0 Å². The second-order valence-electron chi connectivity index (χ2n) is 7.12. The average molecular weight is 417 g/mol. The predicted molar refractivity (Wildman–Crippen MR) is 110 cm³/mol. The molecule has 0 bridgehead atoms. The van der Waals surface area contributed by atoms with Crippen molar-refractivity contribution in [2.75, 3.05) is 25.0 Å². The van der Waals surface area contributed by atoms with E-state index in [1.807, 2.05) is 30.3 Å². The van der Waals surface area contributed by atoms with Crippen LogP contribution in [0.5, 0.6) is 5.75 Å². The van der Waals surface area contributed by atoms with Gasteiger partial charge >= 0.3 is 6.03 Å². The van der Waals surface area contributed by atoms with Crippen LogP contribution in [0.15, 0.2) is 54.6 Å². The largest absolute Gasteiger partial charge is 0.488 e. The van der Waals surface area contributed by atoms with E-state index in [1.54, 1.807) is 29.2 Å². The number of likely N-dealkylation sites (tertiary alicyclic amines) is 1. The summed E-state index contributed by atoms with van der Waals surface area (Å²) in [5, 5.41) is 5.74. The lowest BCUT2D eigenvalue weighted by molar-refractivity contribution is -0.121. The zero-order valence-corrected chi connectivity index (χ0v) is 16.5. The summed E-state index contributed by atoms with van der Waals surface area (Å²) >= 11 is 0. The number of carbonyl (C=O) groups excluding carboxylic acids is 2. The van der Waals surface area contributed by atoms with Crippen molar-refractivity contribution in [3.63, 3.8) is 0 Å². The number of ether oxygens (including phenoxy) is 1. The highest BCUT2D eigenvalue weighted by molar-refractivity contribution is 5.92. The SMILES string of the molecule is O=C(Nc1ccccc1)C1CCN(C(=O)NCc2cccc(OCC(F)F)c2)CC1. The van der Waals surface area contributed by atoms with Crippen LogP contribution in [0.3, 0.4) is 0 Å². The summed E-state index contributed by atoms with van der Waals surface area (Å²) in [5.74, 6) is 0.187. The van der Waals surface area contributed by atoms with Gasteiger partial charge in [-0.05, 0) is 42.7 Å². The first kappa shape index (κ1) is 21.5. The number of amides is 3. The quantitative estimate of drug-likeness (QED) is 0.718. The minimum absolute atomic E-state index is 0.0260. The Labute approximate surface area is 174 Å². The van der Waals surface area contributed by atoms with E-state index in [9.17, 15) is 18.4 Å². The van der Waals surface area contributed by atoms with E-state index in [1.165, 1.54) is 0 Å². The van der Waals surface area contributed by atoms with E-state index in [-0.39, 0.29) is 24.4 Å². The summed E-state index contributed by atoms with van der Waals surface area (Å²) in [6.07, 6.45) is -1.34. The van der Waals surface area contributed by atoms with Crippen LogP contribution in [-0.2, 0) is 11.3 Å². The second-order valence-corrected chi connectivity index (χ2v) is 7.12. The number of alkyl halides is 2. The van der Waals surface area contributed by atoms with Crippen LogP contribution in [0.4, 0.5) is 19.3 Å². The summed E-state index contributed by atoms with van der Waals surface area (Å²) in [6, 6.07) is 15.8. The number of rotatable bonds is 7. The van der Waals surface area contributed by atoms with Gasteiger partial charge in [0, 0.05) is 31.2 Å². The number of piperidine rings is 1. The molecule has 2 N–H and O–H groups in total. The molecule has 0 atom stereocenters. The molecule has 0 aromatic heterocycles. The predicted octanol–water partition coefficient (Wildman–Crippen LogP) is 3.89. The van der Waals surface area contributed by atoms with E-state index in [0.717, 1.165) is 11.3 Å². The molecule has 6 nitrogen and oxygen atoms in total. The molecule has 1 aliphatic heterocycles. The fourth-order valence-corrected chi connectivity index (χ4v) is 3.30. The van der Waals surface area contributed by atoms with Crippen molar-refractivity contribution < 1.29 is 23.1 Å². The number of benzene rings is 2. The number of hydrogen-bond donors (Lipinski definition) is 2. The van der Waals surface area contributed by atoms with Gasteiger partial charge in [-0.2, -0.15) is 0 Å². The molecule has 2 aromatic rings. The molecule has 8 heteroatoms. The lowest BCUT2D eigenvalue weighted by Gasteiger charge is -2.31. The Balaban J connectivity index is 1.42. The third-order valence-corrected chi connectivity index (χ3v) is 4.91. The van der Waals surface area contributed by atoms with Crippen LogP contribution in [0.2, 0.25) is 0 Å². The molecule has 0 radical (unpaired) electrons. The summed E-state index contributed by atoms with van der Waals surface area (Å²) in [6.45, 7) is 0.592. The summed E-state index contributed by atoms with van der Waals surface area (Å²) < 4.78 is 29.5. The number of para-hydroxylation sites is 1. The number of hydrogen-bond acceptors (Lipinski definition) is 3. The van der Waals surface area contributed by atoms with Gasteiger partial charge in [-0.3, -0.25) is 4.79 Å². The number of carbonyl (C=O) groups is 2. The maximum Gasteiger partial charge on any atom is 0.317 e. The van der Waals surface area contributed by atoms with Crippen LogP contribution in [0.1, 0.15) is 18.4 Å². The van der Waals surface area contributed by atoms with E-state index in [4.69, 9.17) is 4.74 Å². The number of nitrogens with one attached hydrogen (secondary N) is 2. The van der Waals surface area contributed by atoms with E-state index in [2.05, 4.69) is 10.6 Å². The number of anilines is 1. The van der Waals surface area contributed by atoms with Gasteiger partial charge in [-0.15, -0.1) is 0 Å². The molecule has 0 aliphatic carbocycles. The Kier molecular flexibility index (Phi) is 7.59. The summed E-state index contributed by atoms with van der Waals surface area (Å²) in [4.78, 5) is 26.5. The molecule has 0 spiro atoms. The highest BCUT2D eigenvalue weighted by Crippen LogP contribution is 2.20.